The summed E-state index contributed by atoms with van der Waals surface area (Å²) in [5.74, 6) is 0. The van der Waals surface area contributed by atoms with Crippen molar-refractivity contribution in [2.75, 3.05) is 0 Å². The van der Waals surface area contributed by atoms with Crippen molar-refractivity contribution in [3.63, 3.8) is 0 Å². The molecule has 0 aliphatic heterocycles. The van der Waals surface area contributed by atoms with E-state index in [-0.39, 0.29) is 0 Å². The second-order valence-electron chi connectivity index (χ2n) is 4.72. The second-order valence-corrected chi connectivity index (χ2v) is 4.72. The largest absolute Gasteiger partial charge is 0.291 e. The summed E-state index contributed by atoms with van der Waals surface area (Å²) in [6.07, 6.45) is 6.94. The topological polar surface area (TPSA) is 3.24 Å². The Morgan fingerprint density at radius 2 is 1.31 bits per heavy atom. The van der Waals surface area contributed by atoms with Gasteiger partial charge in [0.15, 0.2) is 0 Å². The lowest BCUT2D eigenvalue weighted by Crippen LogP contribution is -2.40. The van der Waals surface area contributed by atoms with Gasteiger partial charge in [-0.25, -0.2) is 0 Å². The summed E-state index contributed by atoms with van der Waals surface area (Å²) in [4.78, 5) is 2.61. The average Bonchev–Trinajstić information content (AvgIpc) is 2.04. The van der Waals surface area contributed by atoms with Crippen molar-refractivity contribution in [1.29, 1.82) is 0 Å². The van der Waals surface area contributed by atoms with Crippen molar-refractivity contribution in [2.24, 2.45) is 0 Å². The van der Waals surface area contributed by atoms with Gasteiger partial charge >= 0.3 is 0 Å². The van der Waals surface area contributed by atoms with E-state index < -0.39 is 0 Å². The van der Waals surface area contributed by atoms with Crippen LogP contribution in [0.2, 0.25) is 0 Å². The predicted octanol–water partition coefficient (Wildman–Crippen LogP) is 3.60. The van der Waals surface area contributed by atoms with Crippen LogP contribution in [0.15, 0.2) is 0 Å². The third-order valence-corrected chi connectivity index (χ3v) is 2.91. The quantitative estimate of drug-likeness (QED) is 0.644. The molecular formula is C12H24N. The first-order valence-corrected chi connectivity index (χ1v) is 5.76. The second kappa shape index (κ2) is 4.99. The molecule has 0 amide bonds. The summed E-state index contributed by atoms with van der Waals surface area (Å²) < 4.78 is 0. The molecule has 1 rings (SSSR count). The van der Waals surface area contributed by atoms with Crippen LogP contribution in [0, 0.1) is 6.04 Å². The predicted molar refractivity (Wildman–Crippen MR) is 58.4 cm³/mol. The van der Waals surface area contributed by atoms with Gasteiger partial charge in [-0.1, -0.05) is 19.3 Å². The zero-order valence-corrected chi connectivity index (χ0v) is 9.64. The van der Waals surface area contributed by atoms with Crippen molar-refractivity contribution >= 4 is 0 Å². The van der Waals surface area contributed by atoms with Gasteiger partial charge in [0.25, 0.3) is 0 Å². The van der Waals surface area contributed by atoms with Gasteiger partial charge in [0, 0.05) is 18.1 Å². The van der Waals surface area contributed by atoms with Crippen LogP contribution in [-0.2, 0) is 0 Å². The van der Waals surface area contributed by atoms with E-state index >= 15 is 0 Å². The maximum atomic E-state index is 2.61. The lowest BCUT2D eigenvalue weighted by molar-refractivity contribution is 0.155. The maximum absolute atomic E-state index is 2.61. The van der Waals surface area contributed by atoms with Gasteiger partial charge in [-0.15, -0.1) is 0 Å². The molecule has 1 aliphatic rings. The summed E-state index contributed by atoms with van der Waals surface area (Å²) >= 11 is 0. The normalized spacial score (nSPS) is 20.5. The molecule has 0 atom stereocenters. The van der Waals surface area contributed by atoms with Crippen LogP contribution < -0.4 is 0 Å². The highest BCUT2D eigenvalue weighted by Gasteiger charge is 2.25. The molecule has 1 heteroatoms. The summed E-state index contributed by atoms with van der Waals surface area (Å²) in [5.41, 5.74) is 0. The van der Waals surface area contributed by atoms with E-state index in [0.717, 1.165) is 0 Å². The van der Waals surface area contributed by atoms with Crippen molar-refractivity contribution in [1.82, 2.24) is 4.90 Å². The SMILES string of the molecule is CC(C)N([C]1CCCCC1)C(C)C. The van der Waals surface area contributed by atoms with E-state index in [1.807, 2.05) is 0 Å². The third-order valence-electron chi connectivity index (χ3n) is 2.91. The van der Waals surface area contributed by atoms with E-state index in [1.54, 1.807) is 6.04 Å². The third kappa shape index (κ3) is 2.98. The number of rotatable bonds is 3. The Hall–Kier alpha value is -0.0400. The van der Waals surface area contributed by atoms with Gasteiger partial charge in [0.2, 0.25) is 0 Å². The maximum Gasteiger partial charge on any atom is 0.0398 e. The molecule has 0 saturated heterocycles. The Bertz CT molecular complexity index is 126. The van der Waals surface area contributed by atoms with Crippen LogP contribution in [0.3, 0.4) is 0 Å². The molecule has 0 N–H and O–H groups in total. The molecule has 0 aromatic carbocycles. The Balaban J connectivity index is 2.52. The highest BCUT2D eigenvalue weighted by Crippen LogP contribution is 2.31. The minimum absolute atomic E-state index is 0.674. The number of nitrogens with zero attached hydrogens (tertiary/aromatic N) is 1. The number of hydrogen-bond donors (Lipinski definition) is 0. The van der Waals surface area contributed by atoms with Crippen LogP contribution in [0.5, 0.6) is 0 Å². The van der Waals surface area contributed by atoms with Crippen molar-refractivity contribution in [3.05, 3.63) is 6.04 Å². The first-order chi connectivity index (χ1) is 6.13. The Kier molecular flexibility index (Phi) is 4.24. The summed E-state index contributed by atoms with van der Waals surface area (Å²) in [7, 11) is 0. The monoisotopic (exact) mass is 182 g/mol. The average molecular weight is 182 g/mol. The van der Waals surface area contributed by atoms with E-state index in [1.165, 1.54) is 32.1 Å². The van der Waals surface area contributed by atoms with Crippen LogP contribution in [0.4, 0.5) is 0 Å². The molecule has 0 heterocycles. The first kappa shape index (κ1) is 11.0. The molecule has 1 nitrogen and oxygen atoms in total. The molecular weight excluding hydrogens is 158 g/mol. The Morgan fingerprint density at radius 3 is 1.69 bits per heavy atom. The lowest BCUT2D eigenvalue weighted by atomic mass is 9.92. The first-order valence-electron chi connectivity index (χ1n) is 5.76. The summed E-state index contributed by atoms with van der Waals surface area (Å²) in [6, 6.07) is 3.05. The molecule has 0 aromatic heterocycles. The highest BCUT2D eigenvalue weighted by atomic mass is 15.2. The van der Waals surface area contributed by atoms with E-state index in [2.05, 4.69) is 32.6 Å². The molecule has 0 unspecified atom stereocenters. The highest BCUT2D eigenvalue weighted by molar-refractivity contribution is 4.95. The molecule has 13 heavy (non-hydrogen) atoms. The standard InChI is InChI=1S/C12H24N/c1-10(2)13(11(3)4)12-8-6-5-7-9-12/h10-11H,5-9H2,1-4H3. The fourth-order valence-electron chi connectivity index (χ4n) is 2.54. The smallest absolute Gasteiger partial charge is 0.0398 e. The van der Waals surface area contributed by atoms with Crippen LogP contribution in [0.25, 0.3) is 0 Å². The van der Waals surface area contributed by atoms with Gasteiger partial charge in [-0.3, -0.25) is 4.90 Å². The molecule has 0 aromatic rings. The fourth-order valence-corrected chi connectivity index (χ4v) is 2.54. The van der Waals surface area contributed by atoms with Crippen molar-refractivity contribution in [3.8, 4) is 0 Å². The van der Waals surface area contributed by atoms with Crippen LogP contribution in [0.1, 0.15) is 59.8 Å². The Labute approximate surface area is 83.5 Å². The van der Waals surface area contributed by atoms with Crippen LogP contribution >= 0.6 is 0 Å². The van der Waals surface area contributed by atoms with Gasteiger partial charge in [0.1, 0.15) is 0 Å². The van der Waals surface area contributed by atoms with Gasteiger partial charge in [-0.05, 0) is 40.5 Å². The van der Waals surface area contributed by atoms with Gasteiger partial charge in [0.05, 0.1) is 0 Å². The summed E-state index contributed by atoms with van der Waals surface area (Å²) in [6.45, 7) is 9.23. The molecule has 1 aliphatic carbocycles. The van der Waals surface area contributed by atoms with Crippen molar-refractivity contribution in [2.45, 2.75) is 71.9 Å². The summed E-state index contributed by atoms with van der Waals surface area (Å²) in [5, 5.41) is 0. The molecule has 1 radical (unpaired) electrons. The lowest BCUT2D eigenvalue weighted by Gasteiger charge is -2.39. The molecule has 77 valence electrons. The van der Waals surface area contributed by atoms with Gasteiger partial charge < -0.3 is 0 Å². The van der Waals surface area contributed by atoms with Gasteiger partial charge in [-0.2, -0.15) is 0 Å². The molecule has 0 bridgehead atoms. The molecule has 0 spiro atoms. The van der Waals surface area contributed by atoms with E-state index in [4.69, 9.17) is 0 Å². The zero-order valence-electron chi connectivity index (χ0n) is 9.64. The minimum Gasteiger partial charge on any atom is -0.291 e. The van der Waals surface area contributed by atoms with E-state index in [0.29, 0.717) is 12.1 Å². The Morgan fingerprint density at radius 1 is 0.846 bits per heavy atom. The molecule has 1 saturated carbocycles. The fraction of sp³-hybridized carbons (Fsp3) is 0.917. The minimum atomic E-state index is 0.674. The number of hydrogen-bond acceptors (Lipinski definition) is 1. The van der Waals surface area contributed by atoms with Crippen molar-refractivity contribution < 1.29 is 0 Å². The zero-order chi connectivity index (χ0) is 9.84. The molecule has 1 fully saturated rings. The van der Waals surface area contributed by atoms with Crippen LogP contribution in [-0.4, -0.2) is 17.0 Å². The van der Waals surface area contributed by atoms with E-state index in [9.17, 15) is 0 Å².